The molecule has 3 aromatic heterocycles. The summed E-state index contributed by atoms with van der Waals surface area (Å²) in [6.07, 6.45) is 4.68. The summed E-state index contributed by atoms with van der Waals surface area (Å²) in [4.78, 5) is 25.6. The summed E-state index contributed by atoms with van der Waals surface area (Å²) in [5.74, 6) is 2.02. The first kappa shape index (κ1) is 18.9. The molecule has 5 heterocycles. The van der Waals surface area contributed by atoms with Crippen molar-refractivity contribution >= 4 is 5.91 Å². The van der Waals surface area contributed by atoms with Gasteiger partial charge in [0.15, 0.2) is 0 Å². The topological polar surface area (TPSA) is 101 Å². The molecule has 5 rings (SSSR count). The Morgan fingerprint density at radius 1 is 1.23 bits per heavy atom. The minimum Gasteiger partial charge on any atom is -0.361 e. The van der Waals surface area contributed by atoms with Gasteiger partial charge in [0.25, 0.3) is 0 Å². The van der Waals surface area contributed by atoms with Crippen molar-refractivity contribution in [1.82, 2.24) is 30.1 Å². The summed E-state index contributed by atoms with van der Waals surface area (Å²) in [6.45, 7) is 6.12. The van der Waals surface area contributed by atoms with E-state index < -0.39 is 0 Å². The molecule has 2 aliphatic heterocycles. The van der Waals surface area contributed by atoms with Gasteiger partial charge in [-0.2, -0.15) is 4.98 Å². The average molecular weight is 408 g/mol. The van der Waals surface area contributed by atoms with Gasteiger partial charge in [-0.1, -0.05) is 10.3 Å². The highest BCUT2D eigenvalue weighted by atomic mass is 16.5. The van der Waals surface area contributed by atoms with Crippen molar-refractivity contribution in [1.29, 1.82) is 0 Å². The fourth-order valence-corrected chi connectivity index (χ4v) is 4.71. The van der Waals surface area contributed by atoms with Gasteiger partial charge in [-0.05, 0) is 39.4 Å². The normalized spacial score (nSPS) is 20.6. The number of rotatable bonds is 4. The predicted octanol–water partition coefficient (Wildman–Crippen LogP) is 2.18. The molecule has 0 aromatic carbocycles. The van der Waals surface area contributed by atoms with Crippen LogP contribution in [0.4, 0.5) is 0 Å². The van der Waals surface area contributed by atoms with Gasteiger partial charge in [0.05, 0.1) is 18.2 Å². The lowest BCUT2D eigenvalue weighted by Gasteiger charge is -2.48. The number of amides is 1. The van der Waals surface area contributed by atoms with Gasteiger partial charge >= 0.3 is 0 Å². The quantitative estimate of drug-likeness (QED) is 0.647. The Morgan fingerprint density at radius 2 is 2.07 bits per heavy atom. The Balaban J connectivity index is 1.24. The third kappa shape index (κ3) is 3.19. The number of likely N-dealkylation sites (tertiary alicyclic amines) is 2. The molecule has 0 N–H and O–H groups in total. The van der Waals surface area contributed by atoms with E-state index in [4.69, 9.17) is 9.05 Å². The number of carbonyl (C=O) groups excluding carboxylic acids is 1. The summed E-state index contributed by atoms with van der Waals surface area (Å²) < 4.78 is 10.8. The highest BCUT2D eigenvalue weighted by Crippen LogP contribution is 2.47. The molecule has 156 valence electrons. The number of nitrogens with zero attached hydrogens (tertiary/aromatic N) is 6. The van der Waals surface area contributed by atoms with E-state index in [1.54, 1.807) is 12.4 Å². The summed E-state index contributed by atoms with van der Waals surface area (Å²) in [7, 11) is 2.07. The largest absolute Gasteiger partial charge is 0.361 e. The number of aryl methyl sites for hydroxylation is 2. The summed E-state index contributed by atoms with van der Waals surface area (Å²) in [5.41, 5.74) is 2.60. The van der Waals surface area contributed by atoms with E-state index in [1.165, 1.54) is 0 Å². The monoisotopic (exact) mass is 408 g/mol. The van der Waals surface area contributed by atoms with Crippen LogP contribution in [-0.2, 0) is 11.2 Å². The average Bonchev–Trinajstić information content (AvgIpc) is 3.41. The van der Waals surface area contributed by atoms with E-state index in [0.717, 1.165) is 48.6 Å². The second kappa shape index (κ2) is 7.02. The second-order valence-corrected chi connectivity index (χ2v) is 8.56. The van der Waals surface area contributed by atoms with Crippen LogP contribution in [0.2, 0.25) is 0 Å². The maximum atomic E-state index is 12.7. The van der Waals surface area contributed by atoms with Crippen LogP contribution < -0.4 is 0 Å². The van der Waals surface area contributed by atoms with Crippen LogP contribution in [0.5, 0.6) is 0 Å². The second-order valence-electron chi connectivity index (χ2n) is 8.56. The van der Waals surface area contributed by atoms with Crippen LogP contribution in [0.15, 0.2) is 33.6 Å². The van der Waals surface area contributed by atoms with Crippen LogP contribution in [-0.4, -0.2) is 62.7 Å². The Labute approximate surface area is 174 Å². The number of hydrogen-bond acceptors (Lipinski definition) is 8. The van der Waals surface area contributed by atoms with E-state index >= 15 is 0 Å². The van der Waals surface area contributed by atoms with Crippen molar-refractivity contribution in [3.63, 3.8) is 0 Å². The van der Waals surface area contributed by atoms with E-state index in [-0.39, 0.29) is 17.4 Å². The maximum absolute atomic E-state index is 12.7. The Kier molecular flexibility index (Phi) is 4.43. The standard InChI is InChI=1S/C21H24N6O3/c1-13-16(14(2)29-24-13)7-18(28)27-11-21(12-27)8-17(26(3)10-21)20-23-19(25-30-20)15-5-4-6-22-9-15/h4-6,9,17H,7-8,10-12H2,1-3H3. The first-order valence-corrected chi connectivity index (χ1v) is 10.1. The zero-order chi connectivity index (χ0) is 20.9. The molecular weight excluding hydrogens is 384 g/mol. The van der Waals surface area contributed by atoms with Gasteiger partial charge in [0, 0.05) is 48.6 Å². The van der Waals surface area contributed by atoms with Gasteiger partial charge in [-0.3, -0.25) is 14.7 Å². The van der Waals surface area contributed by atoms with Gasteiger partial charge < -0.3 is 13.9 Å². The number of pyridine rings is 1. The first-order chi connectivity index (χ1) is 14.4. The zero-order valence-electron chi connectivity index (χ0n) is 17.3. The molecule has 1 spiro atoms. The Bertz CT molecular complexity index is 1050. The molecule has 1 amide bonds. The minimum absolute atomic E-state index is 0.0581. The third-order valence-electron chi connectivity index (χ3n) is 6.30. The minimum atomic E-state index is 0.0581. The van der Waals surface area contributed by atoms with Crippen LogP contribution in [0, 0.1) is 19.3 Å². The van der Waals surface area contributed by atoms with Gasteiger partial charge in [0.2, 0.25) is 17.6 Å². The summed E-state index contributed by atoms with van der Waals surface area (Å²) >= 11 is 0. The number of hydrogen-bond donors (Lipinski definition) is 0. The van der Waals surface area contributed by atoms with E-state index in [2.05, 4.69) is 32.2 Å². The molecule has 2 fully saturated rings. The van der Waals surface area contributed by atoms with Crippen LogP contribution in [0.3, 0.4) is 0 Å². The van der Waals surface area contributed by atoms with Crippen molar-refractivity contribution < 1.29 is 13.8 Å². The fraction of sp³-hybridized carbons (Fsp3) is 0.476. The van der Waals surface area contributed by atoms with Crippen molar-refractivity contribution in [2.45, 2.75) is 32.7 Å². The summed E-state index contributed by atoms with van der Waals surface area (Å²) in [5, 5.41) is 8.07. The molecule has 3 aromatic rings. The number of carbonyl (C=O) groups is 1. The highest BCUT2D eigenvalue weighted by molar-refractivity contribution is 5.80. The Hall–Kier alpha value is -3.07. The first-order valence-electron chi connectivity index (χ1n) is 10.1. The molecule has 1 atom stereocenters. The van der Waals surface area contributed by atoms with Crippen LogP contribution in [0.25, 0.3) is 11.4 Å². The predicted molar refractivity (Wildman–Crippen MR) is 106 cm³/mol. The van der Waals surface area contributed by atoms with Crippen molar-refractivity contribution in [2.75, 3.05) is 26.7 Å². The van der Waals surface area contributed by atoms with Gasteiger partial charge in [0.1, 0.15) is 5.76 Å². The fourth-order valence-electron chi connectivity index (χ4n) is 4.71. The molecule has 9 heteroatoms. The number of aromatic nitrogens is 4. The molecule has 9 nitrogen and oxygen atoms in total. The van der Waals surface area contributed by atoms with E-state index in [1.807, 2.05) is 30.9 Å². The SMILES string of the molecule is Cc1noc(C)c1CC(=O)N1CC2(CC(c3nc(-c4cccnc4)no3)N(C)C2)C1. The van der Waals surface area contributed by atoms with Gasteiger partial charge in [-0.25, -0.2) is 0 Å². The molecule has 2 aliphatic rings. The Morgan fingerprint density at radius 3 is 2.77 bits per heavy atom. The smallest absolute Gasteiger partial charge is 0.244 e. The van der Waals surface area contributed by atoms with Crippen LogP contribution >= 0.6 is 0 Å². The van der Waals surface area contributed by atoms with Crippen molar-refractivity contribution in [2.24, 2.45) is 5.41 Å². The molecular formula is C21H24N6O3. The molecule has 30 heavy (non-hydrogen) atoms. The van der Waals surface area contributed by atoms with E-state index in [9.17, 15) is 4.79 Å². The van der Waals surface area contributed by atoms with E-state index in [0.29, 0.717) is 18.1 Å². The van der Waals surface area contributed by atoms with Gasteiger partial charge in [-0.15, -0.1) is 0 Å². The maximum Gasteiger partial charge on any atom is 0.244 e. The molecule has 0 aliphatic carbocycles. The van der Waals surface area contributed by atoms with Crippen molar-refractivity contribution in [3.8, 4) is 11.4 Å². The summed E-state index contributed by atoms with van der Waals surface area (Å²) in [6, 6.07) is 3.82. The highest BCUT2D eigenvalue weighted by Gasteiger charge is 2.53. The lowest BCUT2D eigenvalue weighted by atomic mass is 9.77. The molecule has 0 saturated carbocycles. The molecule has 1 unspecified atom stereocenters. The zero-order valence-corrected chi connectivity index (χ0v) is 17.3. The molecule has 0 radical (unpaired) electrons. The van der Waals surface area contributed by atoms with Crippen molar-refractivity contribution in [3.05, 3.63) is 47.4 Å². The van der Waals surface area contributed by atoms with Crippen LogP contribution in [0.1, 0.15) is 35.4 Å². The lowest BCUT2D eigenvalue weighted by molar-refractivity contribution is -0.141. The third-order valence-corrected chi connectivity index (χ3v) is 6.30. The lowest BCUT2D eigenvalue weighted by Crippen LogP contribution is -2.59. The molecule has 2 saturated heterocycles. The molecule has 0 bridgehead atoms.